The fourth-order valence-electron chi connectivity index (χ4n) is 1.02. The number of pyridine rings is 1. The predicted molar refractivity (Wildman–Crippen MR) is 53.9 cm³/mol. The van der Waals surface area contributed by atoms with E-state index in [4.69, 9.17) is 10.2 Å². The summed E-state index contributed by atoms with van der Waals surface area (Å²) < 4.78 is 5.09. The van der Waals surface area contributed by atoms with Crippen LogP contribution in [-0.4, -0.2) is 18.3 Å². The summed E-state index contributed by atoms with van der Waals surface area (Å²) >= 11 is 0. The Bertz CT molecular complexity index is 437. The van der Waals surface area contributed by atoms with Crippen LogP contribution in [-0.2, 0) is 0 Å². The zero-order valence-electron chi connectivity index (χ0n) is 7.73. The highest BCUT2D eigenvalue weighted by atomic mass is 16.3. The molecule has 2 aromatic heterocycles. The van der Waals surface area contributed by atoms with Crippen molar-refractivity contribution in [2.24, 2.45) is 5.73 Å². The second kappa shape index (κ2) is 4.38. The minimum atomic E-state index is 0.267. The standard InChI is InChI=1S/C8H6N2O2.CH5N/c9-8-2-1-7-6(10-8)3-5(4-11)12-7;1-2/h1-4H,(H2,9,10);2H2,1H3. The van der Waals surface area contributed by atoms with Crippen LogP contribution in [0.2, 0.25) is 0 Å². The quantitative estimate of drug-likeness (QED) is 0.653. The van der Waals surface area contributed by atoms with Gasteiger partial charge in [0.05, 0.1) is 0 Å². The molecule has 14 heavy (non-hydrogen) atoms. The van der Waals surface area contributed by atoms with Gasteiger partial charge in [0.1, 0.15) is 11.3 Å². The number of nitrogens with two attached hydrogens (primary N) is 2. The van der Waals surface area contributed by atoms with Crippen molar-refractivity contribution in [1.29, 1.82) is 0 Å². The van der Waals surface area contributed by atoms with Crippen LogP contribution in [0.5, 0.6) is 0 Å². The molecule has 2 rings (SSSR count). The Morgan fingerprint density at radius 1 is 1.43 bits per heavy atom. The monoisotopic (exact) mass is 193 g/mol. The van der Waals surface area contributed by atoms with Crippen LogP contribution in [0.1, 0.15) is 10.6 Å². The summed E-state index contributed by atoms with van der Waals surface area (Å²) in [5.74, 6) is 0.684. The Labute approximate surface area is 80.7 Å². The zero-order chi connectivity index (χ0) is 10.6. The number of hydrogen-bond acceptors (Lipinski definition) is 5. The SMILES string of the molecule is CN.Nc1ccc2oc(C=O)cc2n1. The Balaban J connectivity index is 0.000000461. The van der Waals surface area contributed by atoms with Crippen molar-refractivity contribution in [3.8, 4) is 0 Å². The second-order valence-electron chi connectivity index (χ2n) is 2.39. The molecule has 2 heterocycles. The average molecular weight is 193 g/mol. The van der Waals surface area contributed by atoms with E-state index in [2.05, 4.69) is 10.7 Å². The molecule has 0 saturated heterocycles. The number of nitrogen functional groups attached to an aromatic ring is 1. The van der Waals surface area contributed by atoms with Gasteiger partial charge in [0.2, 0.25) is 0 Å². The predicted octanol–water partition coefficient (Wildman–Crippen LogP) is 0.797. The lowest BCUT2D eigenvalue weighted by Gasteiger charge is -1.88. The first-order valence-electron chi connectivity index (χ1n) is 3.98. The highest BCUT2D eigenvalue weighted by Gasteiger charge is 2.02. The van der Waals surface area contributed by atoms with Gasteiger partial charge in [0, 0.05) is 6.07 Å². The molecule has 2 aromatic rings. The molecule has 5 nitrogen and oxygen atoms in total. The van der Waals surface area contributed by atoms with Crippen molar-refractivity contribution >= 4 is 23.2 Å². The molecule has 5 heteroatoms. The lowest BCUT2D eigenvalue weighted by atomic mass is 10.4. The number of aldehydes is 1. The molecule has 74 valence electrons. The first-order valence-corrected chi connectivity index (χ1v) is 3.98. The van der Waals surface area contributed by atoms with Crippen molar-refractivity contribution in [3.05, 3.63) is 24.0 Å². The third kappa shape index (κ3) is 1.89. The van der Waals surface area contributed by atoms with Crippen LogP contribution < -0.4 is 11.5 Å². The highest BCUT2D eigenvalue weighted by molar-refractivity contribution is 5.83. The molecule has 4 N–H and O–H groups in total. The summed E-state index contributed by atoms with van der Waals surface area (Å²) in [4.78, 5) is 14.3. The average Bonchev–Trinajstić information content (AvgIpc) is 2.62. The number of carbonyl (C=O) groups is 1. The lowest BCUT2D eigenvalue weighted by molar-refractivity contribution is 0.110. The zero-order valence-corrected chi connectivity index (χ0v) is 7.73. The summed E-state index contributed by atoms with van der Waals surface area (Å²) in [5.41, 5.74) is 11.1. The maximum Gasteiger partial charge on any atom is 0.185 e. The third-order valence-corrected chi connectivity index (χ3v) is 1.53. The Kier molecular flexibility index (Phi) is 3.19. The Morgan fingerprint density at radius 3 is 2.79 bits per heavy atom. The maximum atomic E-state index is 10.3. The fourth-order valence-corrected chi connectivity index (χ4v) is 1.02. The number of anilines is 1. The number of aromatic nitrogens is 1. The molecule has 0 radical (unpaired) electrons. The number of rotatable bonds is 1. The smallest absolute Gasteiger partial charge is 0.185 e. The van der Waals surface area contributed by atoms with E-state index in [0.717, 1.165) is 0 Å². The molecule has 0 fully saturated rings. The summed E-state index contributed by atoms with van der Waals surface area (Å²) in [6.45, 7) is 0. The summed E-state index contributed by atoms with van der Waals surface area (Å²) in [6.07, 6.45) is 0.637. The molecule has 0 aliphatic rings. The molecule has 0 aromatic carbocycles. The molecule has 0 atom stereocenters. The number of fused-ring (bicyclic) bond motifs is 1. The second-order valence-corrected chi connectivity index (χ2v) is 2.39. The summed E-state index contributed by atoms with van der Waals surface area (Å²) in [6, 6.07) is 4.86. The van der Waals surface area contributed by atoms with Crippen LogP contribution in [0.3, 0.4) is 0 Å². The Hall–Kier alpha value is -1.88. The van der Waals surface area contributed by atoms with E-state index in [9.17, 15) is 4.79 Å². The van der Waals surface area contributed by atoms with Crippen LogP contribution in [0, 0.1) is 0 Å². The van der Waals surface area contributed by atoms with Gasteiger partial charge in [-0.25, -0.2) is 4.98 Å². The first kappa shape index (κ1) is 10.2. The van der Waals surface area contributed by atoms with Crippen molar-refractivity contribution in [2.45, 2.75) is 0 Å². The van der Waals surface area contributed by atoms with Gasteiger partial charge >= 0.3 is 0 Å². The van der Waals surface area contributed by atoms with Gasteiger partial charge in [0.25, 0.3) is 0 Å². The minimum absolute atomic E-state index is 0.267. The van der Waals surface area contributed by atoms with E-state index in [-0.39, 0.29) is 5.76 Å². The Morgan fingerprint density at radius 2 is 2.14 bits per heavy atom. The van der Waals surface area contributed by atoms with Crippen LogP contribution in [0.25, 0.3) is 11.1 Å². The molecular weight excluding hydrogens is 182 g/mol. The summed E-state index contributed by atoms with van der Waals surface area (Å²) in [5, 5.41) is 0. The van der Waals surface area contributed by atoms with E-state index in [1.165, 1.54) is 7.05 Å². The molecule has 0 spiro atoms. The van der Waals surface area contributed by atoms with Gasteiger partial charge in [0.15, 0.2) is 17.6 Å². The third-order valence-electron chi connectivity index (χ3n) is 1.53. The topological polar surface area (TPSA) is 95.1 Å². The molecule has 0 aliphatic carbocycles. The molecule has 0 bridgehead atoms. The van der Waals surface area contributed by atoms with Gasteiger partial charge in [-0.15, -0.1) is 0 Å². The van der Waals surface area contributed by atoms with E-state index in [1.807, 2.05) is 0 Å². The minimum Gasteiger partial charge on any atom is -0.452 e. The van der Waals surface area contributed by atoms with E-state index in [0.29, 0.717) is 23.2 Å². The normalized spacial score (nSPS) is 9.29. The molecule has 0 saturated carbocycles. The highest BCUT2D eigenvalue weighted by Crippen LogP contribution is 2.16. The lowest BCUT2D eigenvalue weighted by Crippen LogP contribution is -1.87. The van der Waals surface area contributed by atoms with Gasteiger partial charge in [-0.1, -0.05) is 0 Å². The molecule has 0 amide bonds. The van der Waals surface area contributed by atoms with Crippen molar-refractivity contribution < 1.29 is 9.21 Å². The van der Waals surface area contributed by atoms with E-state index >= 15 is 0 Å². The van der Waals surface area contributed by atoms with E-state index < -0.39 is 0 Å². The number of hydrogen-bond donors (Lipinski definition) is 2. The van der Waals surface area contributed by atoms with E-state index in [1.54, 1.807) is 18.2 Å². The number of nitrogens with zero attached hydrogens (tertiary/aromatic N) is 1. The molecule has 0 unspecified atom stereocenters. The van der Waals surface area contributed by atoms with Crippen LogP contribution >= 0.6 is 0 Å². The molecule has 0 aliphatic heterocycles. The van der Waals surface area contributed by atoms with Gasteiger partial charge < -0.3 is 15.9 Å². The van der Waals surface area contributed by atoms with Crippen molar-refractivity contribution in [1.82, 2.24) is 4.98 Å². The van der Waals surface area contributed by atoms with Gasteiger partial charge in [-0.05, 0) is 19.2 Å². The first-order chi connectivity index (χ1) is 6.79. The largest absolute Gasteiger partial charge is 0.452 e. The van der Waals surface area contributed by atoms with Gasteiger partial charge in [-0.2, -0.15) is 0 Å². The summed E-state index contributed by atoms with van der Waals surface area (Å²) in [7, 11) is 1.50. The fraction of sp³-hybridized carbons (Fsp3) is 0.111. The van der Waals surface area contributed by atoms with Crippen molar-refractivity contribution in [2.75, 3.05) is 12.8 Å². The van der Waals surface area contributed by atoms with Crippen LogP contribution in [0.15, 0.2) is 22.6 Å². The number of carbonyl (C=O) groups excluding carboxylic acids is 1. The van der Waals surface area contributed by atoms with Crippen LogP contribution in [0.4, 0.5) is 5.82 Å². The van der Waals surface area contributed by atoms with Crippen molar-refractivity contribution in [3.63, 3.8) is 0 Å². The maximum absolute atomic E-state index is 10.3. The number of furan rings is 1. The molecular formula is C9H11N3O2. The van der Waals surface area contributed by atoms with Gasteiger partial charge in [-0.3, -0.25) is 4.79 Å².